The summed E-state index contributed by atoms with van der Waals surface area (Å²) in [7, 11) is 0. The predicted octanol–water partition coefficient (Wildman–Crippen LogP) is 1.77. The molecule has 20 heavy (non-hydrogen) atoms. The Bertz CT molecular complexity index is 314. The first-order valence-corrected chi connectivity index (χ1v) is 8.56. The number of thioether (sulfide) groups is 1. The van der Waals surface area contributed by atoms with Gasteiger partial charge in [0.15, 0.2) is 0 Å². The number of nitrogens with one attached hydrogen (secondary N) is 2. The molecule has 2 rings (SSSR count). The van der Waals surface area contributed by atoms with Crippen molar-refractivity contribution in [2.24, 2.45) is 5.92 Å². The third-order valence-electron chi connectivity index (χ3n) is 3.99. The van der Waals surface area contributed by atoms with E-state index in [1.54, 1.807) is 0 Å². The minimum Gasteiger partial charge on any atom is -0.348 e. The standard InChI is InChI=1S/C14H24N2O2S.ClH/c17-13(11-5-8-19-9-6-11)14(18)16-10-12-4-2-1-3-7-15-12;/h11-12,15H,1-10H2,(H,16,18);1H. The summed E-state index contributed by atoms with van der Waals surface area (Å²) in [5.74, 6) is 1.40. The molecule has 116 valence electrons. The Morgan fingerprint density at radius 2 is 1.85 bits per heavy atom. The van der Waals surface area contributed by atoms with Gasteiger partial charge in [-0.15, -0.1) is 12.4 Å². The van der Waals surface area contributed by atoms with Gasteiger partial charge in [-0.25, -0.2) is 0 Å². The van der Waals surface area contributed by atoms with Crippen LogP contribution in [0.1, 0.15) is 38.5 Å². The first kappa shape index (κ1) is 17.8. The summed E-state index contributed by atoms with van der Waals surface area (Å²) in [5, 5.41) is 6.25. The molecule has 6 heteroatoms. The van der Waals surface area contributed by atoms with Gasteiger partial charge >= 0.3 is 0 Å². The third-order valence-corrected chi connectivity index (χ3v) is 5.04. The van der Waals surface area contributed by atoms with E-state index in [0.29, 0.717) is 12.6 Å². The fraction of sp³-hybridized carbons (Fsp3) is 0.857. The molecule has 2 fully saturated rings. The highest BCUT2D eigenvalue weighted by atomic mass is 35.5. The molecule has 0 spiro atoms. The van der Waals surface area contributed by atoms with Gasteiger partial charge in [-0.2, -0.15) is 11.8 Å². The van der Waals surface area contributed by atoms with Crippen molar-refractivity contribution in [3.8, 4) is 0 Å². The van der Waals surface area contributed by atoms with Gasteiger partial charge in [-0.1, -0.05) is 12.8 Å². The molecule has 4 nitrogen and oxygen atoms in total. The summed E-state index contributed by atoms with van der Waals surface area (Å²) < 4.78 is 0. The molecule has 0 aromatic rings. The van der Waals surface area contributed by atoms with Gasteiger partial charge in [0.05, 0.1) is 0 Å². The number of Topliss-reactive ketones (excluding diaryl/α,β-unsaturated/α-hetero) is 1. The van der Waals surface area contributed by atoms with Crippen LogP contribution in [-0.4, -0.2) is 42.3 Å². The van der Waals surface area contributed by atoms with Crippen molar-refractivity contribution in [2.45, 2.75) is 44.6 Å². The SMILES string of the molecule is Cl.O=C(NCC1CCCCCN1)C(=O)C1CCSCC1. The van der Waals surface area contributed by atoms with Crippen LogP contribution >= 0.6 is 24.2 Å². The zero-order valence-electron chi connectivity index (χ0n) is 11.9. The summed E-state index contributed by atoms with van der Waals surface area (Å²) in [4.78, 5) is 23.9. The van der Waals surface area contributed by atoms with Crippen molar-refractivity contribution in [1.29, 1.82) is 0 Å². The lowest BCUT2D eigenvalue weighted by atomic mass is 9.97. The van der Waals surface area contributed by atoms with Crippen LogP contribution in [0.15, 0.2) is 0 Å². The van der Waals surface area contributed by atoms with Crippen LogP contribution in [0.25, 0.3) is 0 Å². The van der Waals surface area contributed by atoms with Crippen molar-refractivity contribution in [3.05, 3.63) is 0 Å². The van der Waals surface area contributed by atoms with E-state index in [0.717, 1.165) is 37.3 Å². The molecule has 0 radical (unpaired) electrons. The van der Waals surface area contributed by atoms with E-state index in [4.69, 9.17) is 0 Å². The van der Waals surface area contributed by atoms with Crippen molar-refractivity contribution < 1.29 is 9.59 Å². The molecule has 2 saturated heterocycles. The van der Waals surface area contributed by atoms with E-state index in [9.17, 15) is 9.59 Å². The maximum Gasteiger partial charge on any atom is 0.287 e. The predicted molar refractivity (Wildman–Crippen MR) is 85.6 cm³/mol. The summed E-state index contributed by atoms with van der Waals surface area (Å²) in [5.41, 5.74) is 0. The van der Waals surface area contributed by atoms with Crippen LogP contribution in [0.5, 0.6) is 0 Å². The second-order valence-corrected chi connectivity index (χ2v) is 6.69. The van der Waals surface area contributed by atoms with Gasteiger partial charge < -0.3 is 10.6 Å². The molecule has 1 unspecified atom stereocenters. The molecule has 0 bridgehead atoms. The molecule has 0 aromatic heterocycles. The summed E-state index contributed by atoms with van der Waals surface area (Å²) in [6.07, 6.45) is 6.49. The van der Waals surface area contributed by atoms with E-state index in [1.807, 2.05) is 11.8 Å². The quantitative estimate of drug-likeness (QED) is 0.775. The summed E-state index contributed by atoms with van der Waals surface area (Å²) in [6, 6.07) is 0.334. The number of ketones is 1. The van der Waals surface area contributed by atoms with Crippen molar-refractivity contribution in [1.82, 2.24) is 10.6 Å². The lowest BCUT2D eigenvalue weighted by molar-refractivity contribution is -0.140. The van der Waals surface area contributed by atoms with Crippen molar-refractivity contribution in [3.63, 3.8) is 0 Å². The number of hydrogen-bond donors (Lipinski definition) is 2. The van der Waals surface area contributed by atoms with Crippen LogP contribution < -0.4 is 10.6 Å². The van der Waals surface area contributed by atoms with E-state index >= 15 is 0 Å². The highest BCUT2D eigenvalue weighted by Gasteiger charge is 2.27. The number of carbonyl (C=O) groups is 2. The van der Waals surface area contributed by atoms with Gasteiger partial charge in [-0.05, 0) is 43.7 Å². The minimum atomic E-state index is -0.372. The fourth-order valence-electron chi connectivity index (χ4n) is 2.72. The average Bonchev–Trinajstić information content (AvgIpc) is 2.73. The molecular weight excluding hydrogens is 296 g/mol. The monoisotopic (exact) mass is 320 g/mol. The largest absolute Gasteiger partial charge is 0.348 e. The van der Waals surface area contributed by atoms with Crippen molar-refractivity contribution >= 4 is 35.9 Å². The highest BCUT2D eigenvalue weighted by molar-refractivity contribution is 7.99. The molecular formula is C14H25ClN2O2S. The van der Waals surface area contributed by atoms with Gasteiger partial charge in [-0.3, -0.25) is 9.59 Å². The molecule has 0 saturated carbocycles. The number of halogens is 1. The average molecular weight is 321 g/mol. The Kier molecular flexibility index (Phi) is 8.57. The van der Waals surface area contributed by atoms with Gasteiger partial charge in [0.25, 0.3) is 5.91 Å². The zero-order chi connectivity index (χ0) is 13.5. The number of hydrogen-bond acceptors (Lipinski definition) is 4. The van der Waals surface area contributed by atoms with E-state index < -0.39 is 0 Å². The van der Waals surface area contributed by atoms with Gasteiger partial charge in [0, 0.05) is 18.5 Å². The summed E-state index contributed by atoms with van der Waals surface area (Å²) >= 11 is 1.87. The second-order valence-electron chi connectivity index (χ2n) is 5.46. The normalized spacial score (nSPS) is 24.3. The Morgan fingerprint density at radius 3 is 2.60 bits per heavy atom. The topological polar surface area (TPSA) is 58.2 Å². The Hall–Kier alpha value is -0.260. The molecule has 2 aliphatic rings. The maximum atomic E-state index is 12.0. The zero-order valence-corrected chi connectivity index (χ0v) is 13.5. The van der Waals surface area contributed by atoms with Gasteiger partial charge in [0.1, 0.15) is 0 Å². The number of amides is 1. The lowest BCUT2D eigenvalue weighted by Crippen LogP contribution is -2.44. The van der Waals surface area contributed by atoms with E-state index in [-0.39, 0.29) is 30.0 Å². The first-order chi connectivity index (χ1) is 9.27. The number of carbonyl (C=O) groups excluding carboxylic acids is 2. The van der Waals surface area contributed by atoms with Crippen LogP contribution in [0.3, 0.4) is 0 Å². The smallest absolute Gasteiger partial charge is 0.287 e. The lowest BCUT2D eigenvalue weighted by Gasteiger charge is -2.20. The molecule has 0 aliphatic carbocycles. The molecule has 2 aliphatic heterocycles. The number of rotatable bonds is 4. The Balaban J connectivity index is 0.00000200. The van der Waals surface area contributed by atoms with E-state index in [1.165, 1.54) is 19.3 Å². The Labute approximate surface area is 131 Å². The highest BCUT2D eigenvalue weighted by Crippen LogP contribution is 2.23. The van der Waals surface area contributed by atoms with Gasteiger partial charge in [0.2, 0.25) is 5.78 Å². The maximum absolute atomic E-state index is 12.0. The molecule has 2 heterocycles. The van der Waals surface area contributed by atoms with Crippen LogP contribution in [-0.2, 0) is 9.59 Å². The van der Waals surface area contributed by atoms with Crippen molar-refractivity contribution in [2.75, 3.05) is 24.6 Å². The van der Waals surface area contributed by atoms with Crippen LogP contribution in [0.4, 0.5) is 0 Å². The minimum absolute atomic E-state index is 0. The molecule has 1 amide bonds. The van der Waals surface area contributed by atoms with Crippen LogP contribution in [0, 0.1) is 5.92 Å². The third kappa shape index (κ3) is 5.62. The molecule has 1 atom stereocenters. The Morgan fingerprint density at radius 1 is 1.10 bits per heavy atom. The second kappa shape index (κ2) is 9.64. The molecule has 2 N–H and O–H groups in total. The molecule has 0 aromatic carbocycles. The van der Waals surface area contributed by atoms with E-state index in [2.05, 4.69) is 10.6 Å². The fourth-order valence-corrected chi connectivity index (χ4v) is 3.83. The van der Waals surface area contributed by atoms with Crippen LogP contribution in [0.2, 0.25) is 0 Å². The first-order valence-electron chi connectivity index (χ1n) is 7.40. The summed E-state index contributed by atoms with van der Waals surface area (Å²) in [6.45, 7) is 1.61.